The molecule has 1 rings (SSSR count). The number of hydrogen-bond acceptors (Lipinski definition) is 6. The molecule has 16 heavy (non-hydrogen) atoms. The molecule has 1 heterocycles. The number of nitrogens with two attached hydrogens (primary N) is 2. The van der Waals surface area contributed by atoms with Gasteiger partial charge in [0.2, 0.25) is 11.8 Å². The lowest BCUT2D eigenvalue weighted by atomic mass is 10.4. The summed E-state index contributed by atoms with van der Waals surface area (Å²) in [6.45, 7) is -0.538. The van der Waals surface area contributed by atoms with Gasteiger partial charge in [0.25, 0.3) is 0 Å². The second-order valence-electron chi connectivity index (χ2n) is 2.81. The van der Waals surface area contributed by atoms with Crippen molar-refractivity contribution in [1.82, 2.24) is 9.97 Å². The molecule has 5 N–H and O–H groups in total. The second-order valence-corrected chi connectivity index (χ2v) is 2.81. The summed E-state index contributed by atoms with van der Waals surface area (Å²) in [7, 11) is 0. The highest BCUT2D eigenvalue weighted by molar-refractivity contribution is 5.41. The first-order chi connectivity index (χ1) is 7.40. The zero-order valence-electron chi connectivity index (χ0n) is 8.08. The molecule has 6 nitrogen and oxygen atoms in total. The summed E-state index contributed by atoms with van der Waals surface area (Å²) in [5.41, 5.74) is 7.45. The number of hydrazine groups is 1. The summed E-state index contributed by atoms with van der Waals surface area (Å²) in [4.78, 5) is 7.22. The molecule has 1 aromatic rings. The van der Waals surface area contributed by atoms with E-state index in [9.17, 15) is 13.2 Å². The van der Waals surface area contributed by atoms with E-state index in [4.69, 9.17) is 16.3 Å². The molecule has 90 valence electrons. The van der Waals surface area contributed by atoms with Crippen LogP contribution < -0.4 is 21.7 Å². The highest BCUT2D eigenvalue weighted by Crippen LogP contribution is 2.20. The van der Waals surface area contributed by atoms with Gasteiger partial charge in [-0.2, -0.15) is 23.1 Å². The molecule has 0 atom stereocenters. The second kappa shape index (κ2) is 4.84. The maximum absolute atomic E-state index is 11.8. The van der Waals surface area contributed by atoms with Crippen LogP contribution >= 0.6 is 0 Å². The van der Waals surface area contributed by atoms with Crippen LogP contribution in [0.15, 0.2) is 6.07 Å². The minimum Gasteiger partial charge on any atom is -0.477 e. The fourth-order valence-electron chi connectivity index (χ4n) is 0.862. The van der Waals surface area contributed by atoms with Gasteiger partial charge in [0.15, 0.2) is 0 Å². The van der Waals surface area contributed by atoms with Crippen molar-refractivity contribution in [2.75, 3.05) is 17.8 Å². The number of anilines is 2. The van der Waals surface area contributed by atoms with Crippen molar-refractivity contribution in [3.05, 3.63) is 6.07 Å². The molecule has 0 fully saturated rings. The summed E-state index contributed by atoms with van der Waals surface area (Å²) >= 11 is 0. The Kier molecular flexibility index (Phi) is 3.72. The number of rotatable bonds is 4. The van der Waals surface area contributed by atoms with Gasteiger partial charge in [-0.15, -0.1) is 0 Å². The standard InChI is InChI=1S/C7H10F3N5O/c8-7(9,10)1-2-16-5-3-4(15-12)13-6(11)14-5/h3H,1-2,12H2,(H3,11,13,14,15). The van der Waals surface area contributed by atoms with Crippen molar-refractivity contribution in [2.24, 2.45) is 5.84 Å². The number of nitrogens with one attached hydrogen (secondary N) is 1. The van der Waals surface area contributed by atoms with Crippen LogP contribution in [0.25, 0.3) is 0 Å². The van der Waals surface area contributed by atoms with E-state index in [-0.39, 0.29) is 17.6 Å². The smallest absolute Gasteiger partial charge is 0.392 e. The Bertz CT molecular complexity index is 356. The summed E-state index contributed by atoms with van der Waals surface area (Å²) < 4.78 is 40.2. The Morgan fingerprint density at radius 3 is 2.62 bits per heavy atom. The Morgan fingerprint density at radius 2 is 2.06 bits per heavy atom. The van der Waals surface area contributed by atoms with Crippen LogP contribution in [0.2, 0.25) is 0 Å². The largest absolute Gasteiger partial charge is 0.477 e. The van der Waals surface area contributed by atoms with Gasteiger partial charge in [-0.25, -0.2) is 5.84 Å². The van der Waals surface area contributed by atoms with Crippen LogP contribution in [0.4, 0.5) is 24.9 Å². The van der Waals surface area contributed by atoms with Gasteiger partial charge in [-0.1, -0.05) is 0 Å². The molecule has 0 aromatic carbocycles. The average molecular weight is 237 g/mol. The van der Waals surface area contributed by atoms with E-state index in [2.05, 4.69) is 15.4 Å². The molecular formula is C7H10F3N5O. The van der Waals surface area contributed by atoms with Crippen molar-refractivity contribution < 1.29 is 17.9 Å². The van der Waals surface area contributed by atoms with E-state index >= 15 is 0 Å². The maximum Gasteiger partial charge on any atom is 0.392 e. The number of aromatic nitrogens is 2. The van der Waals surface area contributed by atoms with Crippen molar-refractivity contribution in [2.45, 2.75) is 12.6 Å². The van der Waals surface area contributed by atoms with Crippen molar-refractivity contribution >= 4 is 11.8 Å². The molecule has 0 amide bonds. The topological polar surface area (TPSA) is 99.1 Å². The van der Waals surface area contributed by atoms with E-state index in [1.807, 2.05) is 0 Å². The third-order valence-corrected chi connectivity index (χ3v) is 1.50. The van der Waals surface area contributed by atoms with Crippen LogP contribution in [0.1, 0.15) is 6.42 Å². The Hall–Kier alpha value is -1.77. The van der Waals surface area contributed by atoms with Crippen molar-refractivity contribution in [3.8, 4) is 5.88 Å². The lowest BCUT2D eigenvalue weighted by Gasteiger charge is -2.09. The van der Waals surface area contributed by atoms with Gasteiger partial charge >= 0.3 is 6.18 Å². The van der Waals surface area contributed by atoms with E-state index in [0.29, 0.717) is 0 Å². The van der Waals surface area contributed by atoms with E-state index in [1.54, 1.807) is 0 Å². The first-order valence-corrected chi connectivity index (χ1v) is 4.21. The third-order valence-electron chi connectivity index (χ3n) is 1.50. The number of alkyl halides is 3. The quantitative estimate of drug-likeness (QED) is 0.526. The normalized spacial score (nSPS) is 11.2. The molecule has 0 spiro atoms. The summed E-state index contributed by atoms with van der Waals surface area (Å²) in [6, 6.07) is 1.24. The SMILES string of the molecule is NNc1cc(OCCC(F)(F)F)nc(N)n1. The average Bonchev–Trinajstić information content (AvgIpc) is 2.14. The molecule has 0 aliphatic heterocycles. The van der Waals surface area contributed by atoms with Gasteiger partial charge < -0.3 is 15.9 Å². The fraction of sp³-hybridized carbons (Fsp3) is 0.429. The Morgan fingerprint density at radius 1 is 1.38 bits per heavy atom. The molecule has 0 bridgehead atoms. The maximum atomic E-state index is 11.8. The predicted molar refractivity (Wildman–Crippen MR) is 50.4 cm³/mol. The summed E-state index contributed by atoms with van der Waals surface area (Å²) in [5, 5.41) is 0. The molecule has 0 aliphatic rings. The minimum absolute atomic E-state index is 0.0651. The van der Waals surface area contributed by atoms with Crippen LogP contribution in [-0.2, 0) is 0 Å². The van der Waals surface area contributed by atoms with Gasteiger partial charge in [0.1, 0.15) is 5.82 Å². The molecule has 0 unspecified atom stereocenters. The molecule has 9 heteroatoms. The van der Waals surface area contributed by atoms with Crippen molar-refractivity contribution in [1.29, 1.82) is 0 Å². The first kappa shape index (κ1) is 12.3. The van der Waals surface area contributed by atoms with Crippen LogP contribution in [0, 0.1) is 0 Å². The zero-order valence-corrected chi connectivity index (χ0v) is 8.08. The van der Waals surface area contributed by atoms with E-state index in [1.165, 1.54) is 6.07 Å². The molecule has 1 aromatic heterocycles. The lowest BCUT2D eigenvalue weighted by molar-refractivity contribution is -0.139. The van der Waals surface area contributed by atoms with E-state index in [0.717, 1.165) is 0 Å². The zero-order chi connectivity index (χ0) is 12.2. The number of nitrogens with zero attached hydrogens (tertiary/aromatic N) is 2. The number of nitrogen functional groups attached to an aromatic ring is 2. The van der Waals surface area contributed by atoms with Gasteiger partial charge in [0.05, 0.1) is 13.0 Å². The lowest BCUT2D eigenvalue weighted by Crippen LogP contribution is -2.15. The van der Waals surface area contributed by atoms with Crippen LogP contribution in [0.3, 0.4) is 0 Å². The minimum atomic E-state index is -4.27. The molecule has 0 radical (unpaired) electrons. The van der Waals surface area contributed by atoms with Crippen LogP contribution in [0.5, 0.6) is 5.88 Å². The summed E-state index contributed by atoms with van der Waals surface area (Å²) in [5.74, 6) is 5.01. The Labute approximate surface area is 88.8 Å². The third kappa shape index (κ3) is 4.17. The first-order valence-electron chi connectivity index (χ1n) is 4.21. The monoisotopic (exact) mass is 237 g/mol. The van der Waals surface area contributed by atoms with Gasteiger partial charge in [0, 0.05) is 6.07 Å². The highest BCUT2D eigenvalue weighted by Gasteiger charge is 2.26. The predicted octanol–water partition coefficient (Wildman–Crippen LogP) is 0.676. The van der Waals surface area contributed by atoms with Crippen molar-refractivity contribution in [3.63, 3.8) is 0 Å². The van der Waals surface area contributed by atoms with Gasteiger partial charge in [-0.05, 0) is 0 Å². The Balaban J connectivity index is 2.57. The molecule has 0 saturated carbocycles. The van der Waals surface area contributed by atoms with Crippen LogP contribution in [-0.4, -0.2) is 22.8 Å². The number of halogens is 3. The number of ether oxygens (including phenoxy) is 1. The molecule has 0 aliphatic carbocycles. The van der Waals surface area contributed by atoms with E-state index < -0.39 is 19.2 Å². The molecule has 0 saturated heterocycles. The molecular weight excluding hydrogens is 227 g/mol. The number of hydrogen-bond donors (Lipinski definition) is 3. The fourth-order valence-corrected chi connectivity index (χ4v) is 0.862. The highest BCUT2D eigenvalue weighted by atomic mass is 19.4. The summed E-state index contributed by atoms with van der Waals surface area (Å²) in [6.07, 6.45) is -5.34. The van der Waals surface area contributed by atoms with Gasteiger partial charge in [-0.3, -0.25) is 0 Å².